The van der Waals surface area contributed by atoms with Crippen LogP contribution in [0.4, 0.5) is 0 Å². The fourth-order valence-corrected chi connectivity index (χ4v) is 2.72. The summed E-state index contributed by atoms with van der Waals surface area (Å²) in [7, 11) is 0. The van der Waals surface area contributed by atoms with Gasteiger partial charge in [0.15, 0.2) is 0 Å². The molecule has 0 aliphatic rings. The van der Waals surface area contributed by atoms with E-state index < -0.39 is 0 Å². The zero-order valence-corrected chi connectivity index (χ0v) is 13.8. The number of nitrogens with zero attached hydrogens (tertiary/aromatic N) is 1. The van der Waals surface area contributed by atoms with Gasteiger partial charge in [0.05, 0.1) is 5.69 Å². The molecule has 0 amide bonds. The van der Waals surface area contributed by atoms with E-state index in [1.54, 1.807) is 0 Å². The topological polar surface area (TPSA) is 28.7 Å². The molecule has 1 rings (SSSR count). The fourth-order valence-electron chi connectivity index (χ4n) is 2.72. The quantitative estimate of drug-likeness (QED) is 0.674. The van der Waals surface area contributed by atoms with Crippen LogP contribution in [0.3, 0.4) is 0 Å². The second kappa shape index (κ2) is 7.12. The average Bonchev–Trinajstić information content (AvgIpc) is 2.80. The number of aryl methyl sites for hydroxylation is 1. The number of imidazole rings is 1. The minimum absolute atomic E-state index is 0.189. The summed E-state index contributed by atoms with van der Waals surface area (Å²) >= 11 is 0. The van der Waals surface area contributed by atoms with E-state index in [2.05, 4.69) is 46.5 Å². The first-order valence-electron chi connectivity index (χ1n) is 8.05. The van der Waals surface area contributed by atoms with Crippen molar-refractivity contribution in [2.24, 2.45) is 0 Å². The molecule has 1 unspecified atom stereocenters. The molecule has 0 radical (unpaired) electrons. The van der Waals surface area contributed by atoms with Crippen molar-refractivity contribution < 1.29 is 0 Å². The largest absolute Gasteiger partial charge is 0.345 e. The number of hydrogen-bond donors (Lipinski definition) is 1. The molecule has 1 aromatic rings. The van der Waals surface area contributed by atoms with Crippen LogP contribution in [0.2, 0.25) is 0 Å². The molecule has 0 aliphatic heterocycles. The van der Waals surface area contributed by atoms with Crippen LogP contribution in [0, 0.1) is 0 Å². The van der Waals surface area contributed by atoms with E-state index in [9.17, 15) is 0 Å². The van der Waals surface area contributed by atoms with Crippen molar-refractivity contribution in [3.8, 4) is 0 Å². The van der Waals surface area contributed by atoms with Crippen LogP contribution < -0.4 is 0 Å². The first-order valence-corrected chi connectivity index (χ1v) is 8.05. The highest BCUT2D eigenvalue weighted by Gasteiger charge is 2.28. The van der Waals surface area contributed by atoms with Crippen LogP contribution in [0.5, 0.6) is 0 Å². The second-order valence-corrected chi connectivity index (χ2v) is 6.49. The lowest BCUT2D eigenvalue weighted by atomic mass is 9.81. The fraction of sp³-hybridized carbons (Fsp3) is 0.824. The number of nitrogens with one attached hydrogen (secondary N) is 1. The standard InChI is InChI=1S/C17H32N2/c1-7-10-11-14-18-15(13(4)9-3)16(19-14)17(5,6)12-8-2/h13H,7-12H2,1-6H3,(H,18,19). The molecule has 1 aromatic heterocycles. The Labute approximate surface area is 119 Å². The zero-order valence-electron chi connectivity index (χ0n) is 13.8. The number of aromatic nitrogens is 2. The Morgan fingerprint density at radius 1 is 1.16 bits per heavy atom. The Hall–Kier alpha value is -0.790. The molecule has 1 N–H and O–H groups in total. The third kappa shape index (κ3) is 4.09. The van der Waals surface area contributed by atoms with Gasteiger partial charge < -0.3 is 4.98 Å². The molecule has 1 heterocycles. The molecule has 2 nitrogen and oxygen atoms in total. The SMILES string of the molecule is CCCCc1nc(C(C)(C)CCC)c(C(C)CC)[nH]1. The van der Waals surface area contributed by atoms with Crippen molar-refractivity contribution in [3.05, 3.63) is 17.2 Å². The molecular weight excluding hydrogens is 232 g/mol. The van der Waals surface area contributed by atoms with E-state index >= 15 is 0 Å². The van der Waals surface area contributed by atoms with Crippen molar-refractivity contribution >= 4 is 0 Å². The summed E-state index contributed by atoms with van der Waals surface area (Å²) in [5.74, 6) is 1.77. The smallest absolute Gasteiger partial charge is 0.106 e. The molecule has 0 bridgehead atoms. The minimum Gasteiger partial charge on any atom is -0.345 e. The Balaban J connectivity index is 3.08. The summed E-state index contributed by atoms with van der Waals surface area (Å²) in [6, 6.07) is 0. The number of hydrogen-bond acceptors (Lipinski definition) is 1. The Kier molecular flexibility index (Phi) is 6.09. The summed E-state index contributed by atoms with van der Waals surface area (Å²) in [5.41, 5.74) is 2.89. The van der Waals surface area contributed by atoms with Crippen molar-refractivity contribution in [1.29, 1.82) is 0 Å². The monoisotopic (exact) mass is 264 g/mol. The highest BCUT2D eigenvalue weighted by atomic mass is 14.9. The van der Waals surface area contributed by atoms with Crippen LogP contribution in [-0.2, 0) is 11.8 Å². The molecule has 110 valence electrons. The van der Waals surface area contributed by atoms with Crippen LogP contribution in [-0.4, -0.2) is 9.97 Å². The number of unbranched alkanes of at least 4 members (excludes halogenated alkanes) is 1. The molecule has 2 heteroatoms. The summed E-state index contributed by atoms with van der Waals surface area (Å²) < 4.78 is 0. The Morgan fingerprint density at radius 3 is 2.37 bits per heavy atom. The van der Waals surface area contributed by atoms with Gasteiger partial charge in [-0.1, -0.05) is 54.4 Å². The molecule has 19 heavy (non-hydrogen) atoms. The van der Waals surface area contributed by atoms with Gasteiger partial charge in [-0.2, -0.15) is 0 Å². The average molecular weight is 264 g/mol. The Bertz CT molecular complexity index is 377. The lowest BCUT2D eigenvalue weighted by Crippen LogP contribution is -2.20. The molecular formula is C17H32N2. The van der Waals surface area contributed by atoms with E-state index in [4.69, 9.17) is 4.98 Å². The van der Waals surface area contributed by atoms with Gasteiger partial charge in [-0.15, -0.1) is 0 Å². The molecule has 0 fully saturated rings. The minimum atomic E-state index is 0.189. The van der Waals surface area contributed by atoms with Crippen LogP contribution in [0.15, 0.2) is 0 Å². The van der Waals surface area contributed by atoms with E-state index in [0.29, 0.717) is 5.92 Å². The first kappa shape index (κ1) is 16.3. The van der Waals surface area contributed by atoms with Crippen LogP contribution >= 0.6 is 0 Å². The molecule has 0 aliphatic carbocycles. The van der Waals surface area contributed by atoms with E-state index in [1.807, 2.05) is 0 Å². The number of aromatic amines is 1. The third-order valence-electron chi connectivity index (χ3n) is 4.17. The maximum absolute atomic E-state index is 4.95. The van der Waals surface area contributed by atoms with Gasteiger partial charge in [-0.05, 0) is 25.2 Å². The number of rotatable bonds is 8. The van der Waals surface area contributed by atoms with Crippen molar-refractivity contribution in [1.82, 2.24) is 9.97 Å². The van der Waals surface area contributed by atoms with Gasteiger partial charge in [-0.25, -0.2) is 4.98 Å². The predicted molar refractivity (Wildman–Crippen MR) is 83.8 cm³/mol. The van der Waals surface area contributed by atoms with E-state index in [0.717, 1.165) is 6.42 Å². The highest BCUT2D eigenvalue weighted by molar-refractivity contribution is 5.26. The first-order chi connectivity index (χ1) is 8.96. The third-order valence-corrected chi connectivity index (χ3v) is 4.17. The lowest BCUT2D eigenvalue weighted by Gasteiger charge is -2.24. The molecule has 1 atom stereocenters. The van der Waals surface area contributed by atoms with Crippen LogP contribution in [0.1, 0.15) is 96.8 Å². The van der Waals surface area contributed by atoms with Crippen molar-refractivity contribution in [2.75, 3.05) is 0 Å². The van der Waals surface area contributed by atoms with Gasteiger partial charge in [-0.3, -0.25) is 0 Å². The zero-order chi connectivity index (χ0) is 14.5. The normalized spacial score (nSPS) is 13.8. The highest BCUT2D eigenvalue weighted by Crippen LogP contribution is 2.34. The lowest BCUT2D eigenvalue weighted by molar-refractivity contribution is 0.452. The van der Waals surface area contributed by atoms with Crippen LogP contribution in [0.25, 0.3) is 0 Å². The van der Waals surface area contributed by atoms with E-state index in [-0.39, 0.29) is 5.41 Å². The summed E-state index contributed by atoms with van der Waals surface area (Å²) in [4.78, 5) is 8.57. The molecule has 0 saturated carbocycles. The van der Waals surface area contributed by atoms with Gasteiger partial charge in [0.2, 0.25) is 0 Å². The number of H-pyrrole nitrogens is 1. The summed E-state index contributed by atoms with van der Waals surface area (Å²) in [6.45, 7) is 13.7. The summed E-state index contributed by atoms with van der Waals surface area (Å²) in [6.07, 6.45) is 7.12. The maximum atomic E-state index is 4.95. The second-order valence-electron chi connectivity index (χ2n) is 6.49. The predicted octanol–water partition coefficient (Wildman–Crippen LogP) is 5.34. The maximum Gasteiger partial charge on any atom is 0.106 e. The Morgan fingerprint density at radius 2 is 1.84 bits per heavy atom. The van der Waals surface area contributed by atoms with Crippen molar-refractivity contribution in [3.63, 3.8) is 0 Å². The molecule has 0 saturated heterocycles. The van der Waals surface area contributed by atoms with Gasteiger partial charge >= 0.3 is 0 Å². The van der Waals surface area contributed by atoms with Crippen molar-refractivity contribution in [2.45, 2.75) is 91.4 Å². The van der Waals surface area contributed by atoms with Gasteiger partial charge in [0.1, 0.15) is 5.82 Å². The molecule has 0 spiro atoms. The van der Waals surface area contributed by atoms with Gasteiger partial charge in [0.25, 0.3) is 0 Å². The molecule has 0 aromatic carbocycles. The van der Waals surface area contributed by atoms with E-state index in [1.165, 1.54) is 49.3 Å². The van der Waals surface area contributed by atoms with Gasteiger partial charge in [0, 0.05) is 17.5 Å². The summed E-state index contributed by atoms with van der Waals surface area (Å²) in [5, 5.41) is 0.